The number of ether oxygens (including phenoxy) is 1. The predicted octanol–water partition coefficient (Wildman–Crippen LogP) is 2.99. The molecular formula is C16H19N3OS. The molecule has 0 unspecified atom stereocenters. The quantitative estimate of drug-likeness (QED) is 0.812. The van der Waals surface area contributed by atoms with Crippen LogP contribution in [0.3, 0.4) is 0 Å². The zero-order chi connectivity index (χ0) is 14.5. The monoisotopic (exact) mass is 301 g/mol. The van der Waals surface area contributed by atoms with E-state index in [0.29, 0.717) is 6.04 Å². The van der Waals surface area contributed by atoms with E-state index in [-0.39, 0.29) is 0 Å². The zero-order valence-corrected chi connectivity index (χ0v) is 12.9. The van der Waals surface area contributed by atoms with Crippen LogP contribution in [0.25, 0.3) is 0 Å². The summed E-state index contributed by atoms with van der Waals surface area (Å²) in [6.07, 6.45) is 1.67. The van der Waals surface area contributed by atoms with Crippen molar-refractivity contribution in [1.29, 1.82) is 0 Å². The molecule has 21 heavy (non-hydrogen) atoms. The maximum atomic E-state index is 5.48. The van der Waals surface area contributed by atoms with E-state index in [1.807, 2.05) is 6.07 Å². The molecule has 0 aliphatic carbocycles. The van der Waals surface area contributed by atoms with Gasteiger partial charge in [0.2, 0.25) is 0 Å². The van der Waals surface area contributed by atoms with Gasteiger partial charge in [0.15, 0.2) is 0 Å². The molecule has 1 aromatic heterocycles. The predicted molar refractivity (Wildman–Crippen MR) is 85.7 cm³/mol. The van der Waals surface area contributed by atoms with Gasteiger partial charge in [0.25, 0.3) is 0 Å². The van der Waals surface area contributed by atoms with Crippen LogP contribution in [0.15, 0.2) is 47.6 Å². The van der Waals surface area contributed by atoms with Crippen LogP contribution in [-0.4, -0.2) is 35.8 Å². The third-order valence-electron chi connectivity index (χ3n) is 3.50. The van der Waals surface area contributed by atoms with Gasteiger partial charge >= 0.3 is 0 Å². The molecule has 1 saturated heterocycles. The summed E-state index contributed by atoms with van der Waals surface area (Å²) in [5.41, 5.74) is 1.06. The van der Waals surface area contributed by atoms with E-state index in [0.717, 1.165) is 37.0 Å². The van der Waals surface area contributed by atoms with Crippen molar-refractivity contribution >= 4 is 17.6 Å². The standard InChI is InChI=1S/C16H19N3OS/c1-13-10-20-8-7-19(13)16-9-14(17-12-18-16)11-21-15-5-3-2-4-6-15/h2-6,9,12-13H,7-8,10-11H2,1H3/t13-/m0/s1. The normalized spacial score (nSPS) is 18.7. The van der Waals surface area contributed by atoms with Gasteiger partial charge in [0.1, 0.15) is 12.1 Å². The molecular weight excluding hydrogens is 282 g/mol. The molecule has 3 rings (SSSR count). The molecule has 4 nitrogen and oxygen atoms in total. The molecule has 1 aliphatic rings. The molecule has 0 amide bonds. The maximum Gasteiger partial charge on any atom is 0.132 e. The van der Waals surface area contributed by atoms with Crippen molar-refractivity contribution in [2.24, 2.45) is 0 Å². The molecule has 1 aromatic carbocycles. The number of benzene rings is 1. The number of nitrogens with zero attached hydrogens (tertiary/aromatic N) is 3. The highest BCUT2D eigenvalue weighted by Gasteiger charge is 2.20. The lowest BCUT2D eigenvalue weighted by atomic mass is 10.2. The summed E-state index contributed by atoms with van der Waals surface area (Å²) in [5.74, 6) is 1.86. The Hall–Kier alpha value is -1.59. The Balaban J connectivity index is 1.68. The molecule has 2 heterocycles. The van der Waals surface area contributed by atoms with Crippen LogP contribution in [0.2, 0.25) is 0 Å². The molecule has 1 aliphatic heterocycles. The first-order valence-electron chi connectivity index (χ1n) is 7.16. The van der Waals surface area contributed by atoms with Gasteiger partial charge < -0.3 is 9.64 Å². The van der Waals surface area contributed by atoms with E-state index in [1.54, 1.807) is 18.1 Å². The Labute approximate surface area is 129 Å². The smallest absolute Gasteiger partial charge is 0.132 e. The highest BCUT2D eigenvalue weighted by atomic mass is 32.2. The van der Waals surface area contributed by atoms with Crippen molar-refractivity contribution in [2.45, 2.75) is 23.6 Å². The second-order valence-electron chi connectivity index (χ2n) is 5.09. The second-order valence-corrected chi connectivity index (χ2v) is 6.14. The SMILES string of the molecule is C[C@H]1COCCN1c1cc(CSc2ccccc2)ncn1. The Kier molecular flexibility index (Phi) is 4.72. The minimum Gasteiger partial charge on any atom is -0.377 e. The van der Waals surface area contributed by atoms with Crippen LogP contribution < -0.4 is 4.90 Å². The van der Waals surface area contributed by atoms with Gasteiger partial charge in [0.05, 0.1) is 24.9 Å². The number of thioether (sulfide) groups is 1. The molecule has 0 spiro atoms. The van der Waals surface area contributed by atoms with Gasteiger partial charge in [-0.3, -0.25) is 0 Å². The average molecular weight is 301 g/mol. The summed E-state index contributed by atoms with van der Waals surface area (Å²) >= 11 is 1.80. The van der Waals surface area contributed by atoms with Gasteiger partial charge in [-0.15, -0.1) is 11.8 Å². The molecule has 0 N–H and O–H groups in total. The van der Waals surface area contributed by atoms with Gasteiger partial charge in [-0.1, -0.05) is 18.2 Å². The highest BCUT2D eigenvalue weighted by Crippen LogP contribution is 2.23. The lowest BCUT2D eigenvalue weighted by Gasteiger charge is -2.34. The first-order valence-corrected chi connectivity index (χ1v) is 8.14. The van der Waals surface area contributed by atoms with E-state index in [1.165, 1.54) is 4.90 Å². The first-order chi connectivity index (χ1) is 10.3. The number of morpholine rings is 1. The number of hydrogen-bond acceptors (Lipinski definition) is 5. The van der Waals surface area contributed by atoms with Gasteiger partial charge in [-0.25, -0.2) is 9.97 Å². The van der Waals surface area contributed by atoms with Crippen molar-refractivity contribution < 1.29 is 4.74 Å². The summed E-state index contributed by atoms with van der Waals surface area (Å²) in [7, 11) is 0. The summed E-state index contributed by atoms with van der Waals surface area (Å²) in [5, 5.41) is 0. The van der Waals surface area contributed by atoms with Gasteiger partial charge in [-0.05, 0) is 19.1 Å². The molecule has 1 atom stereocenters. The van der Waals surface area contributed by atoms with Crippen molar-refractivity contribution in [1.82, 2.24) is 9.97 Å². The topological polar surface area (TPSA) is 38.2 Å². The number of rotatable bonds is 4. The molecule has 2 aromatic rings. The third-order valence-corrected chi connectivity index (χ3v) is 4.55. The summed E-state index contributed by atoms with van der Waals surface area (Å²) < 4.78 is 5.48. The molecule has 110 valence electrons. The third kappa shape index (κ3) is 3.74. The van der Waals surface area contributed by atoms with E-state index >= 15 is 0 Å². The van der Waals surface area contributed by atoms with E-state index in [4.69, 9.17) is 4.74 Å². The Morgan fingerprint density at radius 1 is 1.29 bits per heavy atom. The summed E-state index contributed by atoms with van der Waals surface area (Å²) in [4.78, 5) is 12.4. The van der Waals surface area contributed by atoms with Gasteiger partial charge in [0, 0.05) is 23.3 Å². The number of hydrogen-bond donors (Lipinski definition) is 0. The Bertz CT molecular complexity index is 579. The average Bonchev–Trinajstić information content (AvgIpc) is 2.55. The van der Waals surface area contributed by atoms with E-state index in [9.17, 15) is 0 Å². The van der Waals surface area contributed by atoms with Crippen molar-refractivity contribution in [3.05, 3.63) is 48.4 Å². The number of anilines is 1. The molecule has 0 saturated carbocycles. The lowest BCUT2D eigenvalue weighted by Crippen LogP contribution is -2.44. The largest absolute Gasteiger partial charge is 0.377 e. The fourth-order valence-electron chi connectivity index (χ4n) is 2.36. The minimum atomic E-state index is 0.364. The summed E-state index contributed by atoms with van der Waals surface area (Å²) in [6.45, 7) is 4.59. The Morgan fingerprint density at radius 3 is 2.95 bits per heavy atom. The van der Waals surface area contributed by atoms with Crippen LogP contribution in [0.1, 0.15) is 12.6 Å². The first kappa shape index (κ1) is 14.4. The maximum absolute atomic E-state index is 5.48. The fraction of sp³-hybridized carbons (Fsp3) is 0.375. The lowest BCUT2D eigenvalue weighted by molar-refractivity contribution is 0.0985. The van der Waals surface area contributed by atoms with Crippen LogP contribution >= 0.6 is 11.8 Å². The molecule has 0 bridgehead atoms. The zero-order valence-electron chi connectivity index (χ0n) is 12.1. The minimum absolute atomic E-state index is 0.364. The van der Waals surface area contributed by atoms with Crippen molar-refractivity contribution in [3.8, 4) is 0 Å². The van der Waals surface area contributed by atoms with Crippen LogP contribution in [-0.2, 0) is 10.5 Å². The van der Waals surface area contributed by atoms with E-state index < -0.39 is 0 Å². The number of aromatic nitrogens is 2. The molecule has 0 radical (unpaired) electrons. The highest BCUT2D eigenvalue weighted by molar-refractivity contribution is 7.98. The van der Waals surface area contributed by atoms with Crippen molar-refractivity contribution in [2.75, 3.05) is 24.7 Å². The van der Waals surface area contributed by atoms with Crippen LogP contribution in [0, 0.1) is 0 Å². The van der Waals surface area contributed by atoms with E-state index in [2.05, 4.69) is 52.1 Å². The van der Waals surface area contributed by atoms with Crippen LogP contribution in [0.4, 0.5) is 5.82 Å². The summed E-state index contributed by atoms with van der Waals surface area (Å²) in [6, 6.07) is 12.9. The fourth-order valence-corrected chi connectivity index (χ4v) is 3.19. The molecule has 1 fully saturated rings. The Morgan fingerprint density at radius 2 is 2.14 bits per heavy atom. The second kappa shape index (κ2) is 6.91. The van der Waals surface area contributed by atoms with Gasteiger partial charge in [-0.2, -0.15) is 0 Å². The van der Waals surface area contributed by atoms with Crippen molar-refractivity contribution in [3.63, 3.8) is 0 Å². The molecule has 5 heteroatoms. The van der Waals surface area contributed by atoms with Crippen LogP contribution in [0.5, 0.6) is 0 Å².